The van der Waals surface area contributed by atoms with Gasteiger partial charge in [-0.2, -0.15) is 16.4 Å². The van der Waals surface area contributed by atoms with Crippen LogP contribution in [0.3, 0.4) is 0 Å². The zero-order valence-corrected chi connectivity index (χ0v) is 16.0. The Morgan fingerprint density at radius 3 is 2.67 bits per heavy atom. The highest BCUT2D eigenvalue weighted by Gasteiger charge is 2.20. The van der Waals surface area contributed by atoms with Crippen molar-refractivity contribution in [2.45, 2.75) is 13.6 Å². The van der Waals surface area contributed by atoms with Crippen LogP contribution >= 0.6 is 11.3 Å². The Balaban J connectivity index is 1.36. The lowest BCUT2D eigenvalue weighted by Crippen LogP contribution is -2.47. The highest BCUT2D eigenvalue weighted by Crippen LogP contribution is 2.23. The SMILES string of the molecule is CC(=O)c1ccc(N2CCN(Cn3ccc(-c4ccsc4)n3)CC2)c(F)c1. The number of hydrogen-bond donors (Lipinski definition) is 0. The Labute approximate surface area is 161 Å². The van der Waals surface area contributed by atoms with Crippen LogP contribution in [0.2, 0.25) is 0 Å². The smallest absolute Gasteiger partial charge is 0.159 e. The minimum atomic E-state index is -0.330. The molecule has 0 bridgehead atoms. The lowest BCUT2D eigenvalue weighted by Gasteiger charge is -2.36. The molecule has 3 aromatic rings. The summed E-state index contributed by atoms with van der Waals surface area (Å²) in [5.74, 6) is -0.449. The van der Waals surface area contributed by atoms with Gasteiger partial charge in [0, 0.05) is 48.9 Å². The number of aromatic nitrogens is 2. The van der Waals surface area contributed by atoms with Gasteiger partial charge >= 0.3 is 0 Å². The van der Waals surface area contributed by atoms with Crippen LogP contribution in [-0.4, -0.2) is 46.6 Å². The molecule has 0 amide bonds. The van der Waals surface area contributed by atoms with E-state index in [1.807, 2.05) is 21.8 Å². The zero-order valence-electron chi connectivity index (χ0n) is 15.1. The lowest BCUT2D eigenvalue weighted by molar-refractivity contribution is 0.101. The molecular formula is C20H21FN4OS. The van der Waals surface area contributed by atoms with Gasteiger partial charge in [-0.25, -0.2) is 4.39 Å². The number of thiophene rings is 1. The van der Waals surface area contributed by atoms with Crippen LogP contribution in [0.25, 0.3) is 11.3 Å². The topological polar surface area (TPSA) is 41.4 Å². The molecule has 0 spiro atoms. The molecule has 1 aliphatic rings. The molecule has 4 rings (SSSR count). The molecule has 0 radical (unpaired) electrons. The fraction of sp³-hybridized carbons (Fsp3) is 0.300. The molecule has 0 aliphatic carbocycles. The molecule has 2 aromatic heterocycles. The van der Waals surface area contributed by atoms with Gasteiger partial charge in [-0.15, -0.1) is 0 Å². The number of hydrogen-bond acceptors (Lipinski definition) is 5. The van der Waals surface area contributed by atoms with Crippen molar-refractivity contribution in [1.82, 2.24) is 14.7 Å². The normalized spacial score (nSPS) is 15.3. The highest BCUT2D eigenvalue weighted by atomic mass is 32.1. The van der Waals surface area contributed by atoms with Crippen molar-refractivity contribution in [1.29, 1.82) is 0 Å². The first kappa shape index (κ1) is 17.9. The standard InChI is InChI=1S/C20H21FN4OS/c1-15(26)16-2-3-20(18(21)12-16)24-9-7-23(8-10-24)14-25-6-4-19(22-25)17-5-11-27-13-17/h2-6,11-13H,7-10,14H2,1H3. The van der Waals surface area contributed by atoms with E-state index in [1.165, 1.54) is 13.0 Å². The maximum atomic E-state index is 14.4. The molecule has 0 unspecified atom stereocenters. The monoisotopic (exact) mass is 384 g/mol. The minimum absolute atomic E-state index is 0.119. The van der Waals surface area contributed by atoms with Crippen LogP contribution in [0.5, 0.6) is 0 Å². The van der Waals surface area contributed by atoms with E-state index in [9.17, 15) is 9.18 Å². The van der Waals surface area contributed by atoms with Crippen LogP contribution in [0.1, 0.15) is 17.3 Å². The minimum Gasteiger partial charge on any atom is -0.367 e. The summed E-state index contributed by atoms with van der Waals surface area (Å²) in [5.41, 5.74) is 3.11. The van der Waals surface area contributed by atoms with Crippen molar-refractivity contribution in [3.63, 3.8) is 0 Å². The largest absolute Gasteiger partial charge is 0.367 e. The predicted molar refractivity (Wildman–Crippen MR) is 106 cm³/mol. The van der Waals surface area contributed by atoms with Gasteiger partial charge in [-0.05, 0) is 42.6 Å². The third-order valence-electron chi connectivity index (χ3n) is 4.87. The molecule has 7 heteroatoms. The van der Waals surface area contributed by atoms with Gasteiger partial charge in [-0.1, -0.05) is 0 Å². The van der Waals surface area contributed by atoms with E-state index < -0.39 is 0 Å². The molecule has 0 saturated carbocycles. The van der Waals surface area contributed by atoms with Crippen molar-refractivity contribution in [2.75, 3.05) is 31.1 Å². The Morgan fingerprint density at radius 2 is 2.00 bits per heavy atom. The zero-order chi connectivity index (χ0) is 18.8. The molecule has 0 N–H and O–H groups in total. The van der Waals surface area contributed by atoms with Crippen molar-refractivity contribution < 1.29 is 9.18 Å². The predicted octanol–water partition coefficient (Wildman–Crippen LogP) is 3.73. The Kier molecular flexibility index (Phi) is 5.05. The number of benzene rings is 1. The van der Waals surface area contributed by atoms with Crippen molar-refractivity contribution in [3.05, 3.63) is 58.7 Å². The molecule has 5 nitrogen and oxygen atoms in total. The van der Waals surface area contributed by atoms with E-state index in [2.05, 4.69) is 26.8 Å². The Hall–Kier alpha value is -2.51. The summed E-state index contributed by atoms with van der Waals surface area (Å²) in [6.07, 6.45) is 2.00. The third kappa shape index (κ3) is 3.94. The summed E-state index contributed by atoms with van der Waals surface area (Å²) in [6, 6.07) is 8.84. The summed E-state index contributed by atoms with van der Waals surface area (Å²) in [7, 11) is 0. The van der Waals surface area contributed by atoms with Crippen LogP contribution in [0, 0.1) is 5.82 Å². The maximum Gasteiger partial charge on any atom is 0.159 e. The number of rotatable bonds is 5. The number of carbonyl (C=O) groups excluding carboxylic acids is 1. The van der Waals surface area contributed by atoms with E-state index >= 15 is 0 Å². The quantitative estimate of drug-likeness (QED) is 0.629. The number of ketones is 1. The third-order valence-corrected chi connectivity index (χ3v) is 5.55. The fourth-order valence-corrected chi connectivity index (χ4v) is 3.97. The van der Waals surface area contributed by atoms with Gasteiger partial charge in [0.05, 0.1) is 18.1 Å². The molecule has 140 valence electrons. The Bertz CT molecular complexity index is 929. The Morgan fingerprint density at radius 1 is 1.19 bits per heavy atom. The van der Waals surface area contributed by atoms with Crippen LogP contribution in [0.4, 0.5) is 10.1 Å². The van der Waals surface area contributed by atoms with Crippen molar-refractivity contribution >= 4 is 22.8 Å². The van der Waals surface area contributed by atoms with Gasteiger partial charge in [0.15, 0.2) is 5.78 Å². The highest BCUT2D eigenvalue weighted by molar-refractivity contribution is 7.08. The fourth-order valence-electron chi connectivity index (χ4n) is 3.32. The van der Waals surface area contributed by atoms with Crippen molar-refractivity contribution in [3.8, 4) is 11.3 Å². The second-order valence-corrected chi connectivity index (χ2v) is 7.50. The summed E-state index contributed by atoms with van der Waals surface area (Å²) in [5, 5.41) is 8.79. The molecule has 1 saturated heterocycles. The number of halogens is 1. The molecular weight excluding hydrogens is 363 g/mol. The first-order valence-corrected chi connectivity index (χ1v) is 9.88. The number of carbonyl (C=O) groups is 1. The first-order chi connectivity index (χ1) is 13.1. The second-order valence-electron chi connectivity index (χ2n) is 6.72. The molecule has 27 heavy (non-hydrogen) atoms. The van der Waals surface area contributed by atoms with Gasteiger partial charge in [0.25, 0.3) is 0 Å². The number of nitrogens with zero attached hydrogens (tertiary/aromatic N) is 4. The van der Waals surface area contributed by atoms with E-state index in [0.29, 0.717) is 11.3 Å². The van der Waals surface area contributed by atoms with Gasteiger partial charge in [0.1, 0.15) is 5.82 Å². The summed E-state index contributed by atoms with van der Waals surface area (Å²) < 4.78 is 16.3. The van der Waals surface area contributed by atoms with Crippen LogP contribution < -0.4 is 4.90 Å². The average Bonchev–Trinajstić information content (AvgIpc) is 3.34. The van der Waals surface area contributed by atoms with Gasteiger partial charge in [-0.3, -0.25) is 14.4 Å². The second kappa shape index (κ2) is 7.62. The van der Waals surface area contributed by atoms with E-state index in [-0.39, 0.29) is 11.6 Å². The van der Waals surface area contributed by atoms with E-state index in [0.717, 1.165) is 44.1 Å². The van der Waals surface area contributed by atoms with Gasteiger partial charge < -0.3 is 4.90 Å². The van der Waals surface area contributed by atoms with Gasteiger partial charge in [0.2, 0.25) is 0 Å². The lowest BCUT2D eigenvalue weighted by atomic mass is 10.1. The first-order valence-electron chi connectivity index (χ1n) is 8.94. The van der Waals surface area contributed by atoms with E-state index in [1.54, 1.807) is 23.5 Å². The molecule has 1 aliphatic heterocycles. The summed E-state index contributed by atoms with van der Waals surface area (Å²) >= 11 is 1.67. The van der Waals surface area contributed by atoms with Crippen molar-refractivity contribution in [2.24, 2.45) is 0 Å². The molecule has 3 heterocycles. The van der Waals surface area contributed by atoms with E-state index in [4.69, 9.17) is 0 Å². The molecule has 1 fully saturated rings. The molecule has 1 aromatic carbocycles. The maximum absolute atomic E-state index is 14.4. The number of anilines is 1. The van der Waals surface area contributed by atoms with Crippen LogP contribution in [0.15, 0.2) is 47.3 Å². The molecule has 0 atom stereocenters. The summed E-state index contributed by atoms with van der Waals surface area (Å²) in [4.78, 5) is 15.7. The van der Waals surface area contributed by atoms with Crippen LogP contribution in [-0.2, 0) is 6.67 Å². The number of piperazine rings is 1. The average molecular weight is 384 g/mol. The summed E-state index contributed by atoms with van der Waals surface area (Å²) in [6.45, 7) is 5.34. The number of Topliss-reactive ketones (excluding diaryl/α,β-unsaturated/α-hetero) is 1.